The number of hydrogen-bond donors (Lipinski definition) is 1. The van der Waals surface area contributed by atoms with Crippen molar-refractivity contribution in [3.8, 4) is 0 Å². The Labute approximate surface area is 150 Å². The molecule has 0 atom stereocenters. The summed E-state index contributed by atoms with van der Waals surface area (Å²) in [6, 6.07) is 7.40. The summed E-state index contributed by atoms with van der Waals surface area (Å²) in [5, 5.41) is 3.04. The van der Waals surface area contributed by atoms with Gasteiger partial charge < -0.3 is 19.7 Å². The molecule has 0 radical (unpaired) electrons. The second kappa shape index (κ2) is 9.76. The number of carbonyl (C=O) groups is 2. The maximum atomic E-state index is 12.2. The van der Waals surface area contributed by atoms with E-state index in [-0.39, 0.29) is 24.5 Å². The van der Waals surface area contributed by atoms with Gasteiger partial charge in [0.1, 0.15) is 6.61 Å². The van der Waals surface area contributed by atoms with E-state index in [1.54, 1.807) is 24.1 Å². The maximum Gasteiger partial charge on any atom is 0.251 e. The lowest BCUT2D eigenvalue weighted by Gasteiger charge is -2.32. The molecule has 1 N–H and O–H groups in total. The van der Waals surface area contributed by atoms with Gasteiger partial charge in [0.2, 0.25) is 5.91 Å². The smallest absolute Gasteiger partial charge is 0.251 e. The molecule has 132 valence electrons. The second-order valence-corrected chi connectivity index (χ2v) is 6.60. The first-order valence-corrected chi connectivity index (χ1v) is 8.80. The first kappa shape index (κ1) is 18.9. The van der Waals surface area contributed by atoms with Gasteiger partial charge in [0, 0.05) is 36.3 Å². The third-order valence-electron chi connectivity index (χ3n) is 3.93. The molecule has 1 aromatic carbocycles. The third-order valence-corrected chi connectivity index (χ3v) is 4.42. The molecule has 6 nitrogen and oxygen atoms in total. The van der Waals surface area contributed by atoms with Crippen LogP contribution in [0.3, 0.4) is 0 Å². The fraction of sp³-hybridized carbons (Fsp3) is 0.529. The molecule has 0 bridgehead atoms. The molecule has 7 heteroatoms. The zero-order valence-electron chi connectivity index (χ0n) is 13.8. The summed E-state index contributed by atoms with van der Waals surface area (Å²) in [6.07, 6.45) is 1.51. The van der Waals surface area contributed by atoms with Crippen LogP contribution in [0.4, 0.5) is 0 Å². The zero-order chi connectivity index (χ0) is 17.4. The van der Waals surface area contributed by atoms with Crippen LogP contribution in [0.15, 0.2) is 28.7 Å². The number of likely N-dealkylation sites (tertiary alicyclic amines) is 1. The van der Waals surface area contributed by atoms with Crippen LogP contribution in [-0.4, -0.2) is 62.8 Å². The molecule has 2 amide bonds. The minimum Gasteiger partial charge on any atom is -0.382 e. The number of carbonyl (C=O) groups excluding carboxylic acids is 2. The van der Waals surface area contributed by atoms with Crippen molar-refractivity contribution in [3.05, 3.63) is 34.3 Å². The fourth-order valence-corrected chi connectivity index (χ4v) is 2.96. The van der Waals surface area contributed by atoms with Crippen LogP contribution in [0.25, 0.3) is 0 Å². The Hall–Kier alpha value is -1.44. The van der Waals surface area contributed by atoms with Crippen molar-refractivity contribution in [2.45, 2.75) is 18.9 Å². The highest BCUT2D eigenvalue weighted by molar-refractivity contribution is 9.10. The molecule has 0 unspecified atom stereocenters. The van der Waals surface area contributed by atoms with Crippen LogP contribution in [0, 0.1) is 0 Å². The number of nitrogens with one attached hydrogen (secondary N) is 1. The first-order valence-electron chi connectivity index (χ1n) is 8.01. The molecule has 24 heavy (non-hydrogen) atoms. The average molecular weight is 399 g/mol. The topological polar surface area (TPSA) is 67.9 Å². The fourth-order valence-electron chi connectivity index (χ4n) is 2.56. The number of amides is 2. The molecule has 1 aliphatic rings. The summed E-state index contributed by atoms with van der Waals surface area (Å²) < 4.78 is 11.0. The summed E-state index contributed by atoms with van der Waals surface area (Å²) in [5.41, 5.74) is 0.634. The van der Waals surface area contributed by atoms with Crippen LogP contribution in [0.5, 0.6) is 0 Å². The van der Waals surface area contributed by atoms with E-state index in [0.29, 0.717) is 31.9 Å². The van der Waals surface area contributed by atoms with Gasteiger partial charge in [-0.3, -0.25) is 9.59 Å². The molecule has 0 aromatic heterocycles. The van der Waals surface area contributed by atoms with Crippen molar-refractivity contribution in [2.75, 3.05) is 40.0 Å². The molecular weight excluding hydrogens is 376 g/mol. The monoisotopic (exact) mass is 398 g/mol. The van der Waals surface area contributed by atoms with Crippen LogP contribution in [0.1, 0.15) is 23.2 Å². The number of benzene rings is 1. The molecule has 0 saturated carbocycles. The second-order valence-electron chi connectivity index (χ2n) is 5.68. The lowest BCUT2D eigenvalue weighted by atomic mass is 10.0. The Kier molecular flexibility index (Phi) is 7.68. The van der Waals surface area contributed by atoms with Gasteiger partial charge in [-0.15, -0.1) is 0 Å². The van der Waals surface area contributed by atoms with E-state index < -0.39 is 0 Å². The predicted molar refractivity (Wildman–Crippen MR) is 93.9 cm³/mol. The SMILES string of the molecule is COCCOCC(=O)N1CCC(NC(=O)c2cccc(Br)c2)CC1. The van der Waals surface area contributed by atoms with E-state index >= 15 is 0 Å². The van der Waals surface area contributed by atoms with Crippen molar-refractivity contribution in [1.29, 1.82) is 0 Å². The lowest BCUT2D eigenvalue weighted by Crippen LogP contribution is -2.47. The molecule has 0 aliphatic carbocycles. The van der Waals surface area contributed by atoms with Gasteiger partial charge in [-0.1, -0.05) is 22.0 Å². The molecule has 1 aromatic rings. The molecule has 1 saturated heterocycles. The lowest BCUT2D eigenvalue weighted by molar-refractivity contribution is -0.137. The normalized spacial score (nSPS) is 15.3. The van der Waals surface area contributed by atoms with Gasteiger partial charge in [0.25, 0.3) is 5.91 Å². The highest BCUT2D eigenvalue weighted by Crippen LogP contribution is 2.14. The van der Waals surface area contributed by atoms with E-state index in [4.69, 9.17) is 9.47 Å². The number of rotatable bonds is 7. The maximum absolute atomic E-state index is 12.2. The summed E-state index contributed by atoms with van der Waals surface area (Å²) in [7, 11) is 1.60. The van der Waals surface area contributed by atoms with Crippen LogP contribution in [0.2, 0.25) is 0 Å². The van der Waals surface area contributed by atoms with Gasteiger partial charge in [-0.25, -0.2) is 0 Å². The number of ether oxygens (including phenoxy) is 2. The number of nitrogens with zero attached hydrogens (tertiary/aromatic N) is 1. The molecule has 2 rings (SSSR count). The average Bonchev–Trinajstić information content (AvgIpc) is 2.59. The molecule has 0 spiro atoms. The zero-order valence-corrected chi connectivity index (χ0v) is 15.4. The van der Waals surface area contributed by atoms with Crippen molar-refractivity contribution in [2.24, 2.45) is 0 Å². The number of methoxy groups -OCH3 is 1. The van der Waals surface area contributed by atoms with E-state index in [2.05, 4.69) is 21.2 Å². The van der Waals surface area contributed by atoms with E-state index in [1.165, 1.54) is 0 Å². The summed E-state index contributed by atoms with van der Waals surface area (Å²) >= 11 is 3.37. The van der Waals surface area contributed by atoms with Crippen molar-refractivity contribution in [3.63, 3.8) is 0 Å². The molecule has 1 heterocycles. The van der Waals surface area contributed by atoms with Gasteiger partial charge >= 0.3 is 0 Å². The van der Waals surface area contributed by atoms with Gasteiger partial charge in [0.05, 0.1) is 13.2 Å². The van der Waals surface area contributed by atoms with Crippen molar-refractivity contribution in [1.82, 2.24) is 10.2 Å². The van der Waals surface area contributed by atoms with Gasteiger partial charge in [-0.05, 0) is 31.0 Å². The Balaban J connectivity index is 1.72. The van der Waals surface area contributed by atoms with Crippen LogP contribution >= 0.6 is 15.9 Å². The van der Waals surface area contributed by atoms with Crippen molar-refractivity contribution >= 4 is 27.7 Å². The Morgan fingerprint density at radius 3 is 2.71 bits per heavy atom. The largest absolute Gasteiger partial charge is 0.382 e. The summed E-state index contributed by atoms with van der Waals surface area (Å²) in [5.74, 6) is -0.0909. The van der Waals surface area contributed by atoms with Crippen LogP contribution in [-0.2, 0) is 14.3 Å². The van der Waals surface area contributed by atoms with Gasteiger partial charge in [-0.2, -0.15) is 0 Å². The Bertz CT molecular complexity index is 559. The van der Waals surface area contributed by atoms with Gasteiger partial charge in [0.15, 0.2) is 0 Å². The van der Waals surface area contributed by atoms with E-state index in [0.717, 1.165) is 17.3 Å². The minimum absolute atomic E-state index is 0.0112. The minimum atomic E-state index is -0.0797. The number of hydrogen-bond acceptors (Lipinski definition) is 4. The highest BCUT2D eigenvalue weighted by Gasteiger charge is 2.24. The summed E-state index contributed by atoms with van der Waals surface area (Å²) in [4.78, 5) is 26.0. The molecular formula is C17H23BrN2O4. The Morgan fingerprint density at radius 1 is 1.29 bits per heavy atom. The standard InChI is InChI=1S/C17H23BrN2O4/c1-23-9-10-24-12-16(21)20-7-5-15(6-8-20)19-17(22)13-3-2-4-14(18)11-13/h2-4,11,15H,5-10,12H2,1H3,(H,19,22). The third kappa shape index (κ3) is 5.89. The first-order chi connectivity index (χ1) is 11.6. The number of piperidine rings is 1. The van der Waals surface area contributed by atoms with E-state index in [9.17, 15) is 9.59 Å². The van der Waals surface area contributed by atoms with E-state index in [1.807, 2.05) is 12.1 Å². The highest BCUT2D eigenvalue weighted by atomic mass is 79.9. The Morgan fingerprint density at radius 2 is 2.04 bits per heavy atom. The molecule has 1 aliphatic heterocycles. The summed E-state index contributed by atoms with van der Waals surface area (Å²) in [6.45, 7) is 2.25. The van der Waals surface area contributed by atoms with Crippen molar-refractivity contribution < 1.29 is 19.1 Å². The van der Waals surface area contributed by atoms with Crippen LogP contribution < -0.4 is 5.32 Å². The predicted octanol–water partition coefficient (Wildman–Crippen LogP) is 1.83. The molecule has 1 fully saturated rings. The number of halogens is 1. The quantitative estimate of drug-likeness (QED) is 0.711.